The lowest BCUT2D eigenvalue weighted by molar-refractivity contribution is 0.0506. The van der Waals surface area contributed by atoms with Crippen molar-refractivity contribution in [1.29, 1.82) is 0 Å². The van der Waals surface area contributed by atoms with Gasteiger partial charge in [-0.05, 0) is 65.3 Å². The molecule has 2 atom stereocenters. The number of ether oxygens (including phenoxy) is 3. The van der Waals surface area contributed by atoms with Crippen LogP contribution in [0.2, 0.25) is 0 Å². The van der Waals surface area contributed by atoms with Crippen LogP contribution in [0, 0.1) is 0 Å². The third-order valence-electron chi connectivity index (χ3n) is 3.70. The Kier molecular flexibility index (Phi) is 8.03. The summed E-state index contributed by atoms with van der Waals surface area (Å²) in [5.74, 6) is 1.43. The number of amides is 1. The van der Waals surface area contributed by atoms with Gasteiger partial charge in [0.2, 0.25) is 0 Å². The van der Waals surface area contributed by atoms with Gasteiger partial charge in [0, 0.05) is 12.1 Å². The molecule has 1 aromatic carbocycles. The lowest BCUT2D eigenvalue weighted by atomic mass is 10.1. The standard InChI is InChI=1S/C19H32N2O4/c1-13(21-18(22)25-19(3,4)5)10-11-20-14(2)15-8-9-16(23-6)17(12-15)24-7/h8-9,12-14,20H,10-11H2,1-7H3,(H,21,22). The van der Waals surface area contributed by atoms with Crippen LogP contribution >= 0.6 is 0 Å². The fourth-order valence-corrected chi connectivity index (χ4v) is 2.34. The number of rotatable bonds is 8. The smallest absolute Gasteiger partial charge is 0.407 e. The third kappa shape index (κ3) is 7.65. The van der Waals surface area contributed by atoms with Crippen LogP contribution in [0.3, 0.4) is 0 Å². The Labute approximate surface area is 151 Å². The maximum absolute atomic E-state index is 11.7. The van der Waals surface area contributed by atoms with Crippen LogP contribution in [0.5, 0.6) is 11.5 Å². The summed E-state index contributed by atoms with van der Waals surface area (Å²) in [6, 6.07) is 6.08. The second kappa shape index (κ2) is 9.51. The average molecular weight is 352 g/mol. The third-order valence-corrected chi connectivity index (χ3v) is 3.70. The first-order chi connectivity index (χ1) is 11.7. The zero-order valence-electron chi connectivity index (χ0n) is 16.4. The van der Waals surface area contributed by atoms with E-state index in [0.29, 0.717) is 11.5 Å². The first-order valence-electron chi connectivity index (χ1n) is 8.61. The predicted octanol–water partition coefficient (Wildman–Crippen LogP) is 3.66. The van der Waals surface area contributed by atoms with Crippen LogP contribution in [-0.4, -0.2) is 38.5 Å². The van der Waals surface area contributed by atoms with Gasteiger partial charge in [-0.1, -0.05) is 6.07 Å². The molecule has 6 heteroatoms. The molecule has 0 fully saturated rings. The minimum atomic E-state index is -0.482. The molecule has 0 saturated heterocycles. The molecule has 0 aliphatic heterocycles. The highest BCUT2D eigenvalue weighted by atomic mass is 16.6. The molecule has 2 unspecified atom stereocenters. The van der Waals surface area contributed by atoms with E-state index >= 15 is 0 Å². The van der Waals surface area contributed by atoms with Crippen molar-refractivity contribution >= 4 is 6.09 Å². The molecule has 2 N–H and O–H groups in total. The first-order valence-corrected chi connectivity index (χ1v) is 8.61. The number of alkyl carbamates (subject to hydrolysis) is 1. The van der Waals surface area contributed by atoms with E-state index in [2.05, 4.69) is 17.6 Å². The van der Waals surface area contributed by atoms with Crippen molar-refractivity contribution in [2.45, 2.75) is 58.7 Å². The molecule has 0 heterocycles. The number of nitrogens with one attached hydrogen (secondary N) is 2. The van der Waals surface area contributed by atoms with Gasteiger partial charge < -0.3 is 24.8 Å². The molecule has 0 aliphatic carbocycles. The molecule has 0 aliphatic rings. The minimum Gasteiger partial charge on any atom is -0.493 e. The van der Waals surface area contributed by atoms with Crippen LogP contribution in [-0.2, 0) is 4.74 Å². The van der Waals surface area contributed by atoms with Crippen LogP contribution in [0.15, 0.2) is 18.2 Å². The largest absolute Gasteiger partial charge is 0.493 e. The molecule has 0 saturated carbocycles. The lowest BCUT2D eigenvalue weighted by Gasteiger charge is -2.22. The first kappa shape index (κ1) is 21.1. The van der Waals surface area contributed by atoms with Crippen LogP contribution in [0.1, 0.15) is 52.6 Å². The van der Waals surface area contributed by atoms with E-state index in [0.717, 1.165) is 18.5 Å². The fraction of sp³-hybridized carbons (Fsp3) is 0.632. The summed E-state index contributed by atoms with van der Waals surface area (Å²) < 4.78 is 15.9. The molecule has 0 bridgehead atoms. The second-order valence-electron chi connectivity index (χ2n) is 7.13. The highest BCUT2D eigenvalue weighted by Gasteiger charge is 2.17. The van der Waals surface area contributed by atoms with Crippen molar-refractivity contribution in [3.63, 3.8) is 0 Å². The van der Waals surface area contributed by atoms with Gasteiger partial charge >= 0.3 is 6.09 Å². The van der Waals surface area contributed by atoms with Crippen molar-refractivity contribution in [3.8, 4) is 11.5 Å². The van der Waals surface area contributed by atoms with Gasteiger partial charge in [-0.2, -0.15) is 0 Å². The highest BCUT2D eigenvalue weighted by molar-refractivity contribution is 5.68. The van der Waals surface area contributed by atoms with Crippen molar-refractivity contribution in [3.05, 3.63) is 23.8 Å². The Morgan fingerprint density at radius 3 is 2.32 bits per heavy atom. The number of hydrogen-bond acceptors (Lipinski definition) is 5. The number of methoxy groups -OCH3 is 2. The minimum absolute atomic E-state index is 0.0277. The molecule has 1 aromatic rings. The summed E-state index contributed by atoms with van der Waals surface area (Å²) in [5.41, 5.74) is 0.634. The van der Waals surface area contributed by atoms with Crippen LogP contribution in [0.4, 0.5) is 4.79 Å². The van der Waals surface area contributed by atoms with Crippen LogP contribution in [0.25, 0.3) is 0 Å². The summed E-state index contributed by atoms with van der Waals surface area (Å²) in [6.07, 6.45) is 0.421. The number of benzene rings is 1. The molecule has 25 heavy (non-hydrogen) atoms. The van der Waals surface area contributed by atoms with Gasteiger partial charge in [0.05, 0.1) is 14.2 Å². The normalized spacial score (nSPS) is 13.7. The average Bonchev–Trinajstić information content (AvgIpc) is 2.51. The number of hydrogen-bond donors (Lipinski definition) is 2. The molecular weight excluding hydrogens is 320 g/mol. The molecule has 1 rings (SSSR count). The molecule has 0 radical (unpaired) electrons. The summed E-state index contributed by atoms with van der Waals surface area (Å²) in [6.45, 7) is 10.4. The SMILES string of the molecule is COc1ccc(C(C)NCCC(C)NC(=O)OC(C)(C)C)cc1OC. The monoisotopic (exact) mass is 352 g/mol. The molecule has 1 amide bonds. The number of carbonyl (C=O) groups is 1. The Morgan fingerprint density at radius 2 is 1.76 bits per heavy atom. The highest BCUT2D eigenvalue weighted by Crippen LogP contribution is 2.29. The van der Waals surface area contributed by atoms with Gasteiger partial charge in [0.1, 0.15) is 5.60 Å². The van der Waals surface area contributed by atoms with E-state index in [-0.39, 0.29) is 18.2 Å². The van der Waals surface area contributed by atoms with E-state index in [1.165, 1.54) is 0 Å². The Hall–Kier alpha value is -1.95. The van der Waals surface area contributed by atoms with Gasteiger partial charge in [0.25, 0.3) is 0 Å². The quantitative estimate of drug-likeness (QED) is 0.747. The van der Waals surface area contributed by atoms with Gasteiger partial charge in [-0.3, -0.25) is 0 Å². The topological polar surface area (TPSA) is 68.8 Å². The summed E-state index contributed by atoms with van der Waals surface area (Å²) >= 11 is 0. The molecule has 0 aromatic heterocycles. The number of carbonyl (C=O) groups excluding carboxylic acids is 1. The van der Waals surface area contributed by atoms with Crippen LogP contribution < -0.4 is 20.1 Å². The van der Waals surface area contributed by atoms with E-state index in [1.54, 1.807) is 14.2 Å². The molecule has 142 valence electrons. The zero-order chi connectivity index (χ0) is 19.0. The zero-order valence-corrected chi connectivity index (χ0v) is 16.4. The summed E-state index contributed by atoms with van der Waals surface area (Å²) in [5, 5.41) is 6.30. The summed E-state index contributed by atoms with van der Waals surface area (Å²) in [4.78, 5) is 11.7. The lowest BCUT2D eigenvalue weighted by Crippen LogP contribution is -2.39. The second-order valence-corrected chi connectivity index (χ2v) is 7.13. The van der Waals surface area contributed by atoms with Gasteiger partial charge in [0.15, 0.2) is 11.5 Å². The van der Waals surface area contributed by atoms with Crippen molar-refractivity contribution in [2.24, 2.45) is 0 Å². The van der Waals surface area contributed by atoms with E-state index < -0.39 is 5.60 Å². The molecule has 0 spiro atoms. The van der Waals surface area contributed by atoms with Crippen molar-refractivity contribution in [2.75, 3.05) is 20.8 Å². The van der Waals surface area contributed by atoms with E-state index in [1.807, 2.05) is 45.9 Å². The Morgan fingerprint density at radius 1 is 1.12 bits per heavy atom. The maximum atomic E-state index is 11.7. The van der Waals surface area contributed by atoms with Crippen molar-refractivity contribution < 1.29 is 19.0 Å². The molecule has 6 nitrogen and oxygen atoms in total. The van der Waals surface area contributed by atoms with Gasteiger partial charge in [-0.15, -0.1) is 0 Å². The fourth-order valence-electron chi connectivity index (χ4n) is 2.34. The van der Waals surface area contributed by atoms with E-state index in [9.17, 15) is 4.79 Å². The predicted molar refractivity (Wildman–Crippen MR) is 99.4 cm³/mol. The summed E-state index contributed by atoms with van der Waals surface area (Å²) in [7, 11) is 3.25. The Bertz CT molecular complexity index is 555. The Balaban J connectivity index is 2.44. The maximum Gasteiger partial charge on any atom is 0.407 e. The molecular formula is C19H32N2O4. The van der Waals surface area contributed by atoms with Gasteiger partial charge in [-0.25, -0.2) is 4.79 Å². The van der Waals surface area contributed by atoms with E-state index in [4.69, 9.17) is 14.2 Å². The van der Waals surface area contributed by atoms with Crippen molar-refractivity contribution in [1.82, 2.24) is 10.6 Å².